The Morgan fingerprint density at radius 2 is 2.11 bits per heavy atom. The lowest BCUT2D eigenvalue weighted by molar-refractivity contribution is 0.0966. The first kappa shape index (κ1) is 12.9. The predicted octanol–water partition coefficient (Wildman–Crippen LogP) is 2.03. The van der Waals surface area contributed by atoms with E-state index in [1.807, 2.05) is 37.3 Å². The summed E-state index contributed by atoms with van der Waals surface area (Å²) in [5, 5.41) is 9.74. The fourth-order valence-corrected chi connectivity index (χ4v) is 2.22. The van der Waals surface area contributed by atoms with Crippen LogP contribution in [0.25, 0.3) is 0 Å². The Morgan fingerprint density at radius 1 is 1.39 bits per heavy atom. The molecule has 2 rings (SSSR count). The van der Waals surface area contributed by atoms with Gasteiger partial charge in [-0.05, 0) is 12.0 Å². The maximum atomic E-state index is 11.8. The molecule has 2 atom stereocenters. The zero-order valence-corrected chi connectivity index (χ0v) is 10.6. The van der Waals surface area contributed by atoms with Crippen LogP contribution < -0.4 is 0 Å². The van der Waals surface area contributed by atoms with Gasteiger partial charge in [-0.3, -0.25) is 0 Å². The highest BCUT2D eigenvalue weighted by Crippen LogP contribution is 2.20. The fourth-order valence-electron chi connectivity index (χ4n) is 2.22. The lowest BCUT2D eigenvalue weighted by Crippen LogP contribution is -2.30. The van der Waals surface area contributed by atoms with E-state index in [0.717, 1.165) is 12.0 Å². The third-order valence-corrected chi connectivity index (χ3v) is 3.39. The van der Waals surface area contributed by atoms with Crippen LogP contribution in [0.15, 0.2) is 30.3 Å². The molecule has 1 N–H and O–H groups in total. The van der Waals surface area contributed by atoms with E-state index < -0.39 is 6.10 Å². The smallest absolute Gasteiger partial charge is 0.410 e. The Balaban J connectivity index is 1.82. The number of carbonyl (C=O) groups is 1. The first-order chi connectivity index (χ1) is 8.70. The van der Waals surface area contributed by atoms with Crippen molar-refractivity contribution in [3.05, 3.63) is 35.9 Å². The van der Waals surface area contributed by atoms with Gasteiger partial charge in [0.25, 0.3) is 0 Å². The highest BCUT2D eigenvalue weighted by Gasteiger charge is 2.33. The van der Waals surface area contributed by atoms with Crippen molar-refractivity contribution >= 4 is 6.09 Å². The van der Waals surface area contributed by atoms with E-state index in [2.05, 4.69) is 0 Å². The molecule has 1 amide bonds. The topological polar surface area (TPSA) is 49.8 Å². The van der Waals surface area contributed by atoms with Gasteiger partial charge in [0.1, 0.15) is 6.61 Å². The van der Waals surface area contributed by atoms with Crippen LogP contribution in [0.3, 0.4) is 0 Å². The summed E-state index contributed by atoms with van der Waals surface area (Å²) in [7, 11) is 0. The van der Waals surface area contributed by atoms with Crippen LogP contribution in [-0.4, -0.2) is 35.3 Å². The van der Waals surface area contributed by atoms with Crippen LogP contribution >= 0.6 is 0 Å². The second-order valence-corrected chi connectivity index (χ2v) is 4.68. The molecule has 4 nitrogen and oxygen atoms in total. The monoisotopic (exact) mass is 249 g/mol. The quantitative estimate of drug-likeness (QED) is 0.891. The molecule has 0 radical (unpaired) electrons. The summed E-state index contributed by atoms with van der Waals surface area (Å²) in [5.74, 6) is 0.175. The number of rotatable bonds is 3. The van der Waals surface area contributed by atoms with E-state index in [4.69, 9.17) is 4.74 Å². The zero-order valence-electron chi connectivity index (χ0n) is 10.6. The highest BCUT2D eigenvalue weighted by molar-refractivity contribution is 5.68. The van der Waals surface area contributed by atoms with Crippen LogP contribution in [0.1, 0.15) is 18.9 Å². The van der Waals surface area contributed by atoms with Gasteiger partial charge in [-0.25, -0.2) is 4.79 Å². The Labute approximate surface area is 107 Å². The lowest BCUT2D eigenvalue weighted by atomic mass is 10.0. The van der Waals surface area contributed by atoms with Crippen molar-refractivity contribution in [1.29, 1.82) is 0 Å². The van der Waals surface area contributed by atoms with Crippen molar-refractivity contribution in [1.82, 2.24) is 4.90 Å². The van der Waals surface area contributed by atoms with Crippen molar-refractivity contribution in [3.63, 3.8) is 0 Å². The Bertz CT molecular complexity index is 393. The number of aliphatic hydroxyl groups excluding tert-OH is 1. The number of β-amino-alcohol motifs (C(OH)–C–C–N with tert-alkyl or cyclic N) is 1. The Kier molecular flexibility index (Phi) is 4.20. The summed E-state index contributed by atoms with van der Waals surface area (Å²) in [6.07, 6.45) is 0.122. The highest BCUT2D eigenvalue weighted by atomic mass is 16.6. The number of nitrogens with zero attached hydrogens (tertiary/aromatic N) is 1. The molecule has 98 valence electrons. The molecular weight excluding hydrogens is 230 g/mol. The minimum atomic E-state index is -0.417. The Hall–Kier alpha value is -1.55. The second kappa shape index (κ2) is 5.87. The summed E-state index contributed by atoms with van der Waals surface area (Å²) in [4.78, 5) is 13.4. The molecule has 1 aliphatic heterocycles. The van der Waals surface area contributed by atoms with Gasteiger partial charge < -0.3 is 14.7 Å². The summed E-state index contributed by atoms with van der Waals surface area (Å²) in [6.45, 7) is 3.27. The van der Waals surface area contributed by atoms with E-state index in [1.165, 1.54) is 0 Å². The molecule has 0 aromatic heterocycles. The van der Waals surface area contributed by atoms with Crippen LogP contribution in [0.5, 0.6) is 0 Å². The maximum Gasteiger partial charge on any atom is 0.410 e. The second-order valence-electron chi connectivity index (χ2n) is 4.68. The number of likely N-dealkylation sites (tertiary alicyclic amines) is 1. The number of hydrogen-bond donors (Lipinski definition) is 1. The normalized spacial score (nSPS) is 23.1. The van der Waals surface area contributed by atoms with Crippen molar-refractivity contribution in [2.24, 2.45) is 5.92 Å². The molecule has 1 aliphatic rings. The number of aliphatic hydroxyl groups is 1. The van der Waals surface area contributed by atoms with Gasteiger partial charge in [0.2, 0.25) is 0 Å². The predicted molar refractivity (Wildman–Crippen MR) is 68.0 cm³/mol. The van der Waals surface area contributed by atoms with Gasteiger partial charge in [-0.1, -0.05) is 37.3 Å². The van der Waals surface area contributed by atoms with Gasteiger partial charge in [-0.2, -0.15) is 0 Å². The largest absolute Gasteiger partial charge is 0.445 e. The minimum Gasteiger partial charge on any atom is -0.445 e. The number of ether oxygens (including phenoxy) is 1. The molecular formula is C14H19NO3. The van der Waals surface area contributed by atoms with Crippen molar-refractivity contribution < 1.29 is 14.6 Å². The van der Waals surface area contributed by atoms with E-state index in [1.54, 1.807) is 4.90 Å². The van der Waals surface area contributed by atoms with Gasteiger partial charge in [0.05, 0.1) is 12.6 Å². The van der Waals surface area contributed by atoms with Crippen LogP contribution in [-0.2, 0) is 11.3 Å². The Morgan fingerprint density at radius 3 is 2.72 bits per heavy atom. The molecule has 0 spiro atoms. The fraction of sp³-hybridized carbons (Fsp3) is 0.500. The summed E-state index contributed by atoms with van der Waals surface area (Å²) in [6, 6.07) is 9.59. The molecule has 0 aliphatic carbocycles. The molecule has 0 saturated carbocycles. The van der Waals surface area contributed by atoms with E-state index in [-0.39, 0.29) is 18.6 Å². The first-order valence-corrected chi connectivity index (χ1v) is 6.34. The molecule has 1 heterocycles. The van der Waals surface area contributed by atoms with Gasteiger partial charge >= 0.3 is 6.09 Å². The average molecular weight is 249 g/mol. The van der Waals surface area contributed by atoms with E-state index in [0.29, 0.717) is 13.1 Å². The molecule has 1 saturated heterocycles. The number of benzene rings is 1. The van der Waals surface area contributed by atoms with Gasteiger partial charge in [0, 0.05) is 12.5 Å². The molecule has 0 unspecified atom stereocenters. The molecule has 1 aromatic rings. The third kappa shape index (κ3) is 3.01. The molecule has 1 fully saturated rings. The SMILES string of the molecule is CC[C@H]1CN(C(=O)OCc2ccccc2)C[C@@H]1O. The number of hydrogen-bond acceptors (Lipinski definition) is 3. The first-order valence-electron chi connectivity index (χ1n) is 6.34. The van der Waals surface area contributed by atoms with Crippen LogP contribution in [0.4, 0.5) is 4.79 Å². The zero-order chi connectivity index (χ0) is 13.0. The van der Waals surface area contributed by atoms with E-state index >= 15 is 0 Å². The number of carbonyl (C=O) groups excluding carboxylic acids is 1. The van der Waals surface area contributed by atoms with E-state index in [9.17, 15) is 9.90 Å². The number of amides is 1. The van der Waals surface area contributed by atoms with Gasteiger partial charge in [-0.15, -0.1) is 0 Å². The molecule has 0 bridgehead atoms. The van der Waals surface area contributed by atoms with Crippen molar-refractivity contribution in [3.8, 4) is 0 Å². The maximum absolute atomic E-state index is 11.8. The van der Waals surface area contributed by atoms with Crippen LogP contribution in [0.2, 0.25) is 0 Å². The minimum absolute atomic E-state index is 0.175. The molecule has 4 heteroatoms. The third-order valence-electron chi connectivity index (χ3n) is 3.39. The van der Waals surface area contributed by atoms with Gasteiger partial charge in [0.15, 0.2) is 0 Å². The summed E-state index contributed by atoms with van der Waals surface area (Å²) >= 11 is 0. The van der Waals surface area contributed by atoms with Crippen molar-refractivity contribution in [2.45, 2.75) is 26.1 Å². The molecule has 18 heavy (non-hydrogen) atoms. The average Bonchev–Trinajstić information content (AvgIpc) is 2.78. The summed E-state index contributed by atoms with van der Waals surface area (Å²) < 4.78 is 5.23. The lowest BCUT2D eigenvalue weighted by Gasteiger charge is -2.15. The van der Waals surface area contributed by atoms with Crippen LogP contribution in [0, 0.1) is 5.92 Å². The standard InChI is InChI=1S/C14H19NO3/c1-2-12-8-15(9-13(12)16)14(17)18-10-11-6-4-3-5-7-11/h3-7,12-13,16H,2,8-10H2,1H3/t12-,13-/m0/s1. The van der Waals surface area contributed by atoms with Crippen molar-refractivity contribution in [2.75, 3.05) is 13.1 Å². The molecule has 1 aromatic carbocycles. The summed E-state index contributed by atoms with van der Waals surface area (Å²) in [5.41, 5.74) is 0.970.